The summed E-state index contributed by atoms with van der Waals surface area (Å²) in [6.07, 6.45) is 4.44. The summed E-state index contributed by atoms with van der Waals surface area (Å²) in [5, 5.41) is 10.5. The van der Waals surface area contributed by atoms with Crippen molar-refractivity contribution in [2.75, 3.05) is 18.4 Å². The molecule has 6 nitrogen and oxygen atoms in total. The van der Waals surface area contributed by atoms with Crippen LogP contribution in [0.5, 0.6) is 0 Å². The minimum absolute atomic E-state index is 0.0443. The van der Waals surface area contributed by atoms with E-state index in [1.54, 1.807) is 11.0 Å². The van der Waals surface area contributed by atoms with Gasteiger partial charge in [0.25, 0.3) is 5.91 Å². The molecule has 1 aromatic heterocycles. The predicted octanol–water partition coefficient (Wildman–Crippen LogP) is 1.15. The third kappa shape index (κ3) is 3.04. The van der Waals surface area contributed by atoms with E-state index < -0.39 is 0 Å². The number of para-hydroxylation sites is 1. The van der Waals surface area contributed by atoms with Crippen LogP contribution in [0.25, 0.3) is 0 Å². The molecule has 0 bridgehead atoms. The largest absolute Gasteiger partial charge is 0.384 e. The summed E-state index contributed by atoms with van der Waals surface area (Å²) in [5.41, 5.74) is 2.93. The van der Waals surface area contributed by atoms with Gasteiger partial charge in [-0.05, 0) is 24.5 Å². The lowest BCUT2D eigenvalue weighted by molar-refractivity contribution is 0.0954. The lowest BCUT2D eigenvalue weighted by Crippen LogP contribution is -2.28. The second kappa shape index (κ2) is 5.95. The Bertz CT molecular complexity index is 649. The highest BCUT2D eigenvalue weighted by molar-refractivity contribution is 6.00. The first-order chi connectivity index (χ1) is 10.2. The van der Waals surface area contributed by atoms with Crippen LogP contribution >= 0.6 is 0 Å². The number of amides is 1. The number of nitrogens with one attached hydrogen (secondary N) is 2. The normalized spacial score (nSPS) is 13.4. The van der Waals surface area contributed by atoms with Crippen molar-refractivity contribution in [1.82, 2.24) is 20.1 Å². The Hall–Kier alpha value is -2.37. The van der Waals surface area contributed by atoms with Gasteiger partial charge < -0.3 is 10.6 Å². The van der Waals surface area contributed by atoms with Gasteiger partial charge in [0, 0.05) is 26.6 Å². The number of benzene rings is 1. The van der Waals surface area contributed by atoms with Crippen LogP contribution < -0.4 is 10.6 Å². The first-order valence-corrected chi connectivity index (χ1v) is 7.22. The molecule has 3 rings (SSSR count). The van der Waals surface area contributed by atoms with Gasteiger partial charge in [0.1, 0.15) is 6.33 Å². The van der Waals surface area contributed by atoms with Gasteiger partial charge in [0.2, 0.25) is 0 Å². The van der Waals surface area contributed by atoms with Gasteiger partial charge in [-0.1, -0.05) is 12.1 Å². The molecule has 6 heteroatoms. The monoisotopic (exact) mass is 285 g/mol. The van der Waals surface area contributed by atoms with E-state index in [9.17, 15) is 4.79 Å². The van der Waals surface area contributed by atoms with Gasteiger partial charge in [0.05, 0.1) is 11.3 Å². The summed E-state index contributed by atoms with van der Waals surface area (Å²) >= 11 is 0. The number of carbonyl (C=O) groups excluding carboxylic acids is 1. The number of carbonyl (C=O) groups is 1. The summed E-state index contributed by atoms with van der Waals surface area (Å²) < 4.78 is 1.66. The molecule has 0 spiro atoms. The zero-order chi connectivity index (χ0) is 14.7. The summed E-state index contributed by atoms with van der Waals surface area (Å²) in [4.78, 5) is 16.5. The van der Waals surface area contributed by atoms with Gasteiger partial charge in [-0.25, -0.2) is 4.98 Å². The molecule has 0 atom stereocenters. The van der Waals surface area contributed by atoms with E-state index >= 15 is 0 Å². The molecular formula is C15H19N5O. The van der Waals surface area contributed by atoms with Crippen molar-refractivity contribution in [3.63, 3.8) is 0 Å². The molecule has 2 heterocycles. The fourth-order valence-corrected chi connectivity index (χ4v) is 2.58. The van der Waals surface area contributed by atoms with Crippen molar-refractivity contribution in [2.24, 2.45) is 7.05 Å². The average Bonchev–Trinajstić information content (AvgIpc) is 2.92. The van der Waals surface area contributed by atoms with Crippen LogP contribution in [0.3, 0.4) is 0 Å². The molecule has 0 aliphatic carbocycles. The average molecular weight is 285 g/mol. The van der Waals surface area contributed by atoms with Gasteiger partial charge in [-0.2, -0.15) is 5.10 Å². The van der Waals surface area contributed by atoms with Crippen molar-refractivity contribution in [3.05, 3.63) is 41.5 Å². The standard InChI is InChI=1S/C15H19N5O/c1-20-10-18-13(19-20)7-9-17-15(21)12-6-2-4-11-5-3-8-16-14(11)12/h2,4,6,10,16H,3,5,7-9H2,1H3,(H,17,21). The lowest BCUT2D eigenvalue weighted by atomic mass is 9.99. The van der Waals surface area contributed by atoms with E-state index in [0.29, 0.717) is 13.0 Å². The Kier molecular flexibility index (Phi) is 3.85. The fraction of sp³-hybridized carbons (Fsp3) is 0.400. The number of hydrogen-bond acceptors (Lipinski definition) is 4. The van der Waals surface area contributed by atoms with Gasteiger partial charge in [-0.3, -0.25) is 9.48 Å². The van der Waals surface area contributed by atoms with Crippen molar-refractivity contribution in [3.8, 4) is 0 Å². The molecule has 1 aliphatic heterocycles. The Morgan fingerprint density at radius 3 is 3.19 bits per heavy atom. The van der Waals surface area contributed by atoms with Crippen LogP contribution in [0, 0.1) is 0 Å². The molecule has 1 aliphatic rings. The molecule has 0 radical (unpaired) electrons. The number of aryl methyl sites for hydroxylation is 2. The van der Waals surface area contributed by atoms with E-state index in [0.717, 1.165) is 36.5 Å². The second-order valence-corrected chi connectivity index (χ2v) is 5.21. The SMILES string of the molecule is Cn1cnc(CCNC(=O)c2cccc3c2NCCC3)n1. The number of aromatic nitrogens is 3. The first-order valence-electron chi connectivity index (χ1n) is 7.22. The molecule has 0 saturated heterocycles. The van der Waals surface area contributed by atoms with Gasteiger partial charge in [0.15, 0.2) is 5.82 Å². The Morgan fingerprint density at radius 1 is 1.48 bits per heavy atom. The number of anilines is 1. The number of nitrogens with zero attached hydrogens (tertiary/aromatic N) is 3. The summed E-state index contributed by atoms with van der Waals surface area (Å²) in [7, 11) is 1.83. The first kappa shape index (κ1) is 13.6. The number of hydrogen-bond donors (Lipinski definition) is 2. The Balaban J connectivity index is 1.63. The maximum absolute atomic E-state index is 12.3. The third-order valence-electron chi connectivity index (χ3n) is 3.60. The topological polar surface area (TPSA) is 71.8 Å². The van der Waals surface area contributed by atoms with E-state index in [1.807, 2.05) is 19.2 Å². The Morgan fingerprint density at radius 2 is 2.38 bits per heavy atom. The van der Waals surface area contributed by atoms with Crippen molar-refractivity contribution in [1.29, 1.82) is 0 Å². The highest BCUT2D eigenvalue weighted by atomic mass is 16.1. The van der Waals surface area contributed by atoms with Crippen molar-refractivity contribution in [2.45, 2.75) is 19.3 Å². The number of rotatable bonds is 4. The molecule has 0 fully saturated rings. The molecule has 0 unspecified atom stereocenters. The molecule has 2 N–H and O–H groups in total. The van der Waals surface area contributed by atoms with E-state index in [2.05, 4.69) is 26.8 Å². The maximum atomic E-state index is 12.3. The minimum Gasteiger partial charge on any atom is -0.384 e. The molecule has 1 aromatic carbocycles. The van der Waals surface area contributed by atoms with Crippen LogP contribution in [0.4, 0.5) is 5.69 Å². The summed E-state index contributed by atoms with van der Waals surface area (Å²) in [6.45, 7) is 1.46. The van der Waals surface area contributed by atoms with E-state index in [1.165, 1.54) is 5.56 Å². The predicted molar refractivity (Wildman–Crippen MR) is 80.3 cm³/mol. The molecular weight excluding hydrogens is 266 g/mol. The van der Waals surface area contributed by atoms with Crippen LogP contribution in [0.2, 0.25) is 0 Å². The molecule has 21 heavy (non-hydrogen) atoms. The van der Waals surface area contributed by atoms with Gasteiger partial charge >= 0.3 is 0 Å². The molecule has 1 amide bonds. The van der Waals surface area contributed by atoms with Gasteiger partial charge in [-0.15, -0.1) is 0 Å². The van der Waals surface area contributed by atoms with Crippen molar-refractivity contribution < 1.29 is 4.79 Å². The third-order valence-corrected chi connectivity index (χ3v) is 3.60. The maximum Gasteiger partial charge on any atom is 0.253 e. The van der Waals surface area contributed by atoms with E-state index in [4.69, 9.17) is 0 Å². The van der Waals surface area contributed by atoms with Crippen molar-refractivity contribution >= 4 is 11.6 Å². The molecule has 2 aromatic rings. The van der Waals surface area contributed by atoms with Crippen LogP contribution in [0.1, 0.15) is 28.2 Å². The Labute approximate surface area is 123 Å². The zero-order valence-corrected chi connectivity index (χ0v) is 12.1. The van der Waals surface area contributed by atoms with Crippen LogP contribution in [-0.4, -0.2) is 33.8 Å². The smallest absolute Gasteiger partial charge is 0.253 e. The quantitative estimate of drug-likeness (QED) is 0.884. The molecule has 0 saturated carbocycles. The minimum atomic E-state index is -0.0443. The summed E-state index contributed by atoms with van der Waals surface area (Å²) in [5.74, 6) is 0.697. The van der Waals surface area contributed by atoms with Crippen LogP contribution in [0.15, 0.2) is 24.5 Å². The lowest BCUT2D eigenvalue weighted by Gasteiger charge is -2.20. The fourth-order valence-electron chi connectivity index (χ4n) is 2.58. The molecule has 110 valence electrons. The highest BCUT2D eigenvalue weighted by Crippen LogP contribution is 2.25. The van der Waals surface area contributed by atoms with Crippen LogP contribution in [-0.2, 0) is 19.9 Å². The second-order valence-electron chi connectivity index (χ2n) is 5.21. The summed E-state index contributed by atoms with van der Waals surface area (Å²) in [6, 6.07) is 5.89. The highest BCUT2D eigenvalue weighted by Gasteiger charge is 2.16. The zero-order valence-electron chi connectivity index (χ0n) is 12.1. The van der Waals surface area contributed by atoms with E-state index in [-0.39, 0.29) is 5.91 Å². The number of fused-ring (bicyclic) bond motifs is 1.